The van der Waals surface area contributed by atoms with Crippen LogP contribution in [0.15, 0.2) is 116 Å². The molecule has 7 N–H and O–H groups in total. The zero-order chi connectivity index (χ0) is 62.8. The predicted octanol–water partition coefficient (Wildman–Crippen LogP) is 5.25. The van der Waals surface area contributed by atoms with E-state index in [9.17, 15) is 37.8 Å². The largest absolute Gasteiger partial charge is 0.394 e. The molecule has 4 aromatic carbocycles. The van der Waals surface area contributed by atoms with E-state index in [1.165, 1.54) is 63.0 Å². The number of likely N-dealkylation sites (N-methyl/N-ethyl adjacent to an activating group) is 3. The molecule has 3 fully saturated rings. The molecule has 8 heterocycles. The van der Waals surface area contributed by atoms with Crippen LogP contribution in [-0.2, 0) is 72.4 Å². The standard InChI is InChI=1S/C33H35N5O5.C21H27N3O2.C14H21N3O2S/c1-32(35-29(39)21-15-23-22-10-6-11-24-28(22)20(17-34-24)16-25(23)36(2)18-21)31(41)38-26(14-19-8-4-3-5-9-19)30(40)37-13-7-12-27(37)33(38,42)43-32;1-4-15(12-25)22-21(26)14-8-17-16-6-5-7-18-20(16)13(10-23(18)2)9-19(17)24(3)11-14;1-15-20(18,19)10-11-4-5-14-13(8-11)12(9-16-14)6-7-17(2)3/h3-6,8-11,15,17,21,25-27,34,42H,7,12-14,16,18H2,1-2H3,(H,35,39);5-8,10,14-15,19,25H,4,9,11-12H2,1-3H3,(H,22,26);4-5,8-9,15-16H,6-7,10H2,1-3H3/t21-,25-,26+,27+,32-,33+;14-,15+,19-;/m11./s1. The molecule has 7 aromatic rings. The second kappa shape index (κ2) is 24.4. The van der Waals surface area contributed by atoms with E-state index in [0.717, 1.165) is 70.9 Å². The highest BCUT2D eigenvalue weighted by atomic mass is 32.2. The third-order valence-corrected chi connectivity index (χ3v) is 20.8. The first-order chi connectivity index (χ1) is 42.6. The smallest absolute Gasteiger partial charge is 0.280 e. The molecular weight excluding hydrogens is 1150 g/mol. The van der Waals surface area contributed by atoms with Crippen molar-refractivity contribution < 1.29 is 42.5 Å². The first-order valence-electron chi connectivity index (χ1n) is 31.1. The molecule has 21 heteroatoms. The van der Waals surface area contributed by atoms with Gasteiger partial charge in [0.15, 0.2) is 0 Å². The summed E-state index contributed by atoms with van der Waals surface area (Å²) < 4.78 is 34.0. The van der Waals surface area contributed by atoms with Gasteiger partial charge in [-0.3, -0.25) is 38.6 Å². The number of hydrogen-bond acceptors (Lipinski definition) is 12. The maximum Gasteiger partial charge on any atom is 0.280 e. The van der Waals surface area contributed by atoms with E-state index in [0.29, 0.717) is 38.5 Å². The average molecular weight is 1230 g/mol. The summed E-state index contributed by atoms with van der Waals surface area (Å²) in [6.45, 7) is 6.08. The number of aromatic amines is 2. The highest BCUT2D eigenvalue weighted by molar-refractivity contribution is 7.88. The molecule has 20 nitrogen and oxygen atoms in total. The third-order valence-electron chi connectivity index (χ3n) is 19.4. The lowest BCUT2D eigenvalue weighted by molar-refractivity contribution is -0.315. The molecule has 4 amide bonds. The molecule has 5 aliphatic heterocycles. The summed E-state index contributed by atoms with van der Waals surface area (Å²) in [4.78, 5) is 70.6. The summed E-state index contributed by atoms with van der Waals surface area (Å²) >= 11 is 0. The Morgan fingerprint density at radius 3 is 2.19 bits per heavy atom. The van der Waals surface area contributed by atoms with Crippen molar-refractivity contribution in [1.29, 1.82) is 0 Å². The normalized spacial score (nSPS) is 25.7. The Hall–Kier alpha value is -7.47. The monoisotopic (exact) mass is 1230 g/mol. The molecule has 2 aliphatic carbocycles. The van der Waals surface area contributed by atoms with Crippen molar-refractivity contribution in [2.75, 3.05) is 68.0 Å². The fourth-order valence-electron chi connectivity index (χ4n) is 14.8. The number of piperazine rings is 1. The van der Waals surface area contributed by atoms with E-state index in [4.69, 9.17) is 4.74 Å². The number of H-pyrrole nitrogens is 2. The molecule has 470 valence electrons. The minimum Gasteiger partial charge on any atom is -0.394 e. The van der Waals surface area contributed by atoms with Gasteiger partial charge < -0.3 is 45.2 Å². The van der Waals surface area contributed by atoms with Crippen LogP contribution in [0.5, 0.6) is 0 Å². The zero-order valence-corrected chi connectivity index (χ0v) is 52.9. The molecule has 0 saturated carbocycles. The van der Waals surface area contributed by atoms with E-state index < -0.39 is 45.6 Å². The average Bonchev–Trinajstić information content (AvgIpc) is 1.58. The van der Waals surface area contributed by atoms with Gasteiger partial charge >= 0.3 is 0 Å². The van der Waals surface area contributed by atoms with Gasteiger partial charge in [-0.1, -0.05) is 79.7 Å². The van der Waals surface area contributed by atoms with Gasteiger partial charge in [0.1, 0.15) is 12.1 Å². The number of amides is 4. The minimum absolute atomic E-state index is 0.00901. The number of carbonyl (C=O) groups excluding carboxylic acids is 4. The molecule has 7 aliphatic rings. The summed E-state index contributed by atoms with van der Waals surface area (Å²) in [5.74, 6) is -3.93. The second-order valence-corrected chi connectivity index (χ2v) is 27.6. The van der Waals surface area contributed by atoms with Gasteiger partial charge in [-0.15, -0.1) is 0 Å². The number of nitrogens with zero attached hydrogens (tertiary/aromatic N) is 6. The van der Waals surface area contributed by atoms with Crippen molar-refractivity contribution in [3.8, 4) is 0 Å². The maximum atomic E-state index is 14.2. The fourth-order valence-corrected chi connectivity index (χ4v) is 15.5. The van der Waals surface area contributed by atoms with Crippen molar-refractivity contribution >= 4 is 77.5 Å². The number of benzene rings is 4. The maximum absolute atomic E-state index is 14.2. The van der Waals surface area contributed by atoms with Crippen molar-refractivity contribution in [3.63, 3.8) is 0 Å². The van der Waals surface area contributed by atoms with Crippen LogP contribution in [0.25, 0.3) is 43.9 Å². The Bertz CT molecular complexity index is 4060. The van der Waals surface area contributed by atoms with Crippen molar-refractivity contribution in [2.24, 2.45) is 18.9 Å². The van der Waals surface area contributed by atoms with E-state index in [1.54, 1.807) is 4.90 Å². The molecule has 3 aromatic heterocycles. The van der Waals surface area contributed by atoms with Crippen LogP contribution >= 0.6 is 0 Å². The number of ether oxygens (including phenoxy) is 1. The van der Waals surface area contributed by atoms with E-state index in [2.05, 4.69) is 107 Å². The van der Waals surface area contributed by atoms with Gasteiger partial charge in [0.05, 0.1) is 30.2 Å². The highest BCUT2D eigenvalue weighted by Gasteiger charge is 2.70. The topological polar surface area (TPSA) is 241 Å². The molecule has 0 unspecified atom stereocenters. The number of hydrogen-bond donors (Lipinski definition) is 7. The van der Waals surface area contributed by atoms with Crippen LogP contribution in [0.2, 0.25) is 0 Å². The lowest BCUT2D eigenvalue weighted by atomic mass is 9.79. The first kappa shape index (κ1) is 61.8. The number of rotatable bonds is 14. The Morgan fingerprint density at radius 1 is 0.831 bits per heavy atom. The highest BCUT2D eigenvalue weighted by Crippen LogP contribution is 2.47. The van der Waals surface area contributed by atoms with Crippen LogP contribution in [-0.4, -0.2) is 191 Å². The Balaban J connectivity index is 0.000000142. The SMILES string of the molecule is CC[C@@H](CO)NC(=O)[C@@H]1C=C2c3cccc4c3c(cn4C)C[C@H]2N(C)C1.CN1C[C@H](C(=O)N[C@]2(C)O[C@@]3(O)[C@@H]4CCCN4C(=O)[C@H](Cc4ccccc4)N3C2=O)C=C2c3cccc4[nH]cc(c34)C[C@H]21.CNS(=O)(=O)Cc1ccc2[nH]cc(CCN(C)C)c2c1. The lowest BCUT2D eigenvalue weighted by Crippen LogP contribution is -2.71. The van der Waals surface area contributed by atoms with Gasteiger partial charge in [-0.25, -0.2) is 13.1 Å². The van der Waals surface area contributed by atoms with Crippen molar-refractivity contribution in [2.45, 2.75) is 106 Å². The molecule has 3 saturated heterocycles. The molecule has 89 heavy (non-hydrogen) atoms. The summed E-state index contributed by atoms with van der Waals surface area (Å²) in [6, 6.07) is 26.5. The molecule has 0 spiro atoms. The summed E-state index contributed by atoms with van der Waals surface area (Å²) in [5.41, 5.74) is 11.8. The minimum atomic E-state index is -3.23. The number of aliphatic hydroxyl groups excluding tert-OH is 1. The Kier molecular flexibility index (Phi) is 16.9. The molecule has 14 rings (SSSR count). The second-order valence-electron chi connectivity index (χ2n) is 25.6. The number of fused-ring (bicyclic) bond motifs is 8. The fraction of sp³-hybridized carbons (Fsp3) is 0.441. The van der Waals surface area contributed by atoms with Gasteiger partial charge in [-0.05, 0) is 155 Å². The molecule has 0 radical (unpaired) electrons. The van der Waals surface area contributed by atoms with E-state index >= 15 is 0 Å². The number of aryl methyl sites for hydroxylation is 1. The van der Waals surface area contributed by atoms with Crippen LogP contribution in [0.3, 0.4) is 0 Å². The number of aliphatic hydroxyl groups is 2. The van der Waals surface area contributed by atoms with E-state index in [-0.39, 0.29) is 54.5 Å². The summed E-state index contributed by atoms with van der Waals surface area (Å²) in [6.07, 6.45) is 15.4. The van der Waals surface area contributed by atoms with E-state index in [1.807, 2.05) is 94.9 Å². The Labute approximate surface area is 520 Å². The van der Waals surface area contributed by atoms with Gasteiger partial charge in [0, 0.05) is 103 Å². The number of aromatic nitrogens is 3. The predicted molar refractivity (Wildman–Crippen MR) is 344 cm³/mol. The molecular formula is C68H83N11O9S. The van der Waals surface area contributed by atoms with Gasteiger partial charge in [0.25, 0.3) is 11.8 Å². The van der Waals surface area contributed by atoms with Crippen molar-refractivity contribution in [3.05, 3.63) is 155 Å². The summed E-state index contributed by atoms with van der Waals surface area (Å²) in [5, 5.41) is 30.9. The van der Waals surface area contributed by atoms with Gasteiger partial charge in [0.2, 0.25) is 33.5 Å². The summed E-state index contributed by atoms with van der Waals surface area (Å²) in [7, 11) is 8.51. The van der Waals surface area contributed by atoms with Crippen LogP contribution in [0.4, 0.5) is 0 Å². The number of nitrogens with one attached hydrogen (secondary N) is 5. The zero-order valence-electron chi connectivity index (χ0n) is 52.0. The van der Waals surface area contributed by atoms with Gasteiger partial charge in [-0.2, -0.15) is 0 Å². The number of carbonyl (C=O) groups is 4. The lowest BCUT2D eigenvalue weighted by Gasteiger charge is -2.48. The Morgan fingerprint density at radius 2 is 1.51 bits per heavy atom. The first-order valence-corrected chi connectivity index (χ1v) is 32.8. The van der Waals surface area contributed by atoms with Crippen molar-refractivity contribution in [1.82, 2.24) is 54.4 Å². The quantitative estimate of drug-likeness (QED) is 0.0740. The third kappa shape index (κ3) is 11.5. The number of sulfonamides is 1. The van der Waals surface area contributed by atoms with Crippen LogP contribution in [0, 0.1) is 11.8 Å². The van der Waals surface area contributed by atoms with Crippen LogP contribution < -0.4 is 15.4 Å². The van der Waals surface area contributed by atoms with Crippen LogP contribution in [0.1, 0.15) is 72.1 Å². The molecule has 9 atom stereocenters. The molecule has 0 bridgehead atoms.